The first-order valence-electron chi connectivity index (χ1n) is 10.2. The molecule has 0 aliphatic rings. The molecule has 0 aliphatic carbocycles. The van der Waals surface area contributed by atoms with Crippen molar-refractivity contribution in [2.45, 2.75) is 12.8 Å². The molecule has 0 saturated heterocycles. The van der Waals surface area contributed by atoms with E-state index in [1.165, 1.54) is 12.1 Å². The predicted octanol–water partition coefficient (Wildman–Crippen LogP) is 3.53. The van der Waals surface area contributed by atoms with Gasteiger partial charge in [0, 0.05) is 12.1 Å². The largest absolute Gasteiger partial charge is 0.493 e. The van der Waals surface area contributed by atoms with Gasteiger partial charge in [-0.2, -0.15) is 0 Å². The van der Waals surface area contributed by atoms with Crippen molar-refractivity contribution in [1.29, 1.82) is 0 Å². The van der Waals surface area contributed by atoms with E-state index in [2.05, 4.69) is 0 Å². The van der Waals surface area contributed by atoms with E-state index in [0.717, 1.165) is 12.1 Å². The summed E-state index contributed by atoms with van der Waals surface area (Å²) in [5, 5.41) is 18.4. The summed E-state index contributed by atoms with van der Waals surface area (Å²) < 4.78 is 21.9. The Labute approximate surface area is 190 Å². The third-order valence-electron chi connectivity index (χ3n) is 4.91. The van der Waals surface area contributed by atoms with E-state index in [9.17, 15) is 19.2 Å². The second kappa shape index (κ2) is 9.49. The zero-order valence-corrected chi connectivity index (χ0v) is 17.6. The van der Waals surface area contributed by atoms with Crippen molar-refractivity contribution in [3.05, 3.63) is 80.5 Å². The summed E-state index contributed by atoms with van der Waals surface area (Å²) in [5.74, 6) is -3.01. The van der Waals surface area contributed by atoms with Gasteiger partial charge in [0.05, 0.1) is 13.2 Å². The van der Waals surface area contributed by atoms with Gasteiger partial charge in [-0.3, -0.25) is 9.59 Å². The lowest BCUT2D eigenvalue weighted by molar-refractivity contribution is 0.0653. The number of benzene rings is 2. The summed E-state index contributed by atoms with van der Waals surface area (Å²) in [7, 11) is 0. The van der Waals surface area contributed by atoms with Crippen LogP contribution < -0.4 is 20.3 Å². The minimum Gasteiger partial charge on any atom is -0.493 e. The third kappa shape index (κ3) is 4.60. The quantitative estimate of drug-likeness (QED) is 0.350. The van der Waals surface area contributed by atoms with Gasteiger partial charge >= 0.3 is 11.9 Å². The van der Waals surface area contributed by atoms with E-state index in [1.807, 2.05) is 0 Å². The summed E-state index contributed by atoms with van der Waals surface area (Å²) in [4.78, 5) is 46.8. The minimum atomic E-state index is -1.34. The number of carbonyl (C=O) groups is 2. The molecule has 0 atom stereocenters. The molecular formula is C24H18O10. The molecule has 10 nitrogen and oxygen atoms in total. The van der Waals surface area contributed by atoms with Crippen molar-refractivity contribution < 1.29 is 38.1 Å². The fourth-order valence-corrected chi connectivity index (χ4v) is 3.38. The number of carboxylic acids is 2. The molecule has 34 heavy (non-hydrogen) atoms. The lowest BCUT2D eigenvalue weighted by Gasteiger charge is -2.10. The molecule has 2 heterocycles. The van der Waals surface area contributed by atoms with Crippen LogP contribution in [0.25, 0.3) is 21.9 Å². The number of unbranched alkanes of at least 4 members (excludes halogenated alkanes) is 1. The summed E-state index contributed by atoms with van der Waals surface area (Å²) in [6, 6.07) is 11.2. The van der Waals surface area contributed by atoms with Gasteiger partial charge in [0.2, 0.25) is 11.5 Å². The van der Waals surface area contributed by atoms with Gasteiger partial charge < -0.3 is 28.5 Å². The summed E-state index contributed by atoms with van der Waals surface area (Å²) in [6.07, 6.45) is 1.11. The molecule has 0 radical (unpaired) electrons. The standard InChI is InChI=1S/C24H18O10/c25-13-11-19(23(27)28)33-17-7-3-5-15(21(13)17)31-9-1-2-10-32-16-6-4-8-18-22(16)14(26)12-20(34-18)24(29)30/h3-8,11-12H,1-2,9-10H2,(H,27,28)(H,29,30). The predicted molar refractivity (Wildman–Crippen MR) is 119 cm³/mol. The van der Waals surface area contributed by atoms with E-state index < -0.39 is 34.3 Å². The van der Waals surface area contributed by atoms with Gasteiger partial charge in [-0.05, 0) is 37.1 Å². The van der Waals surface area contributed by atoms with E-state index >= 15 is 0 Å². The number of carboxylic acid groups (broad SMARTS) is 2. The summed E-state index contributed by atoms with van der Waals surface area (Å²) >= 11 is 0. The highest BCUT2D eigenvalue weighted by Crippen LogP contribution is 2.25. The Morgan fingerprint density at radius 2 is 1.12 bits per heavy atom. The van der Waals surface area contributed by atoms with Crippen LogP contribution in [-0.4, -0.2) is 35.4 Å². The van der Waals surface area contributed by atoms with Crippen LogP contribution in [0.5, 0.6) is 11.5 Å². The molecule has 10 heteroatoms. The summed E-state index contributed by atoms with van der Waals surface area (Å²) in [6.45, 7) is 0.504. The van der Waals surface area contributed by atoms with Crippen molar-refractivity contribution >= 4 is 33.9 Å². The molecule has 4 aromatic rings. The molecular weight excluding hydrogens is 448 g/mol. The molecule has 4 rings (SSSR count). The topological polar surface area (TPSA) is 153 Å². The molecule has 0 unspecified atom stereocenters. The number of rotatable bonds is 9. The van der Waals surface area contributed by atoms with E-state index in [4.69, 9.17) is 28.5 Å². The molecule has 0 amide bonds. The Balaban J connectivity index is 1.37. The second-order valence-corrected chi connectivity index (χ2v) is 7.22. The third-order valence-corrected chi connectivity index (χ3v) is 4.91. The van der Waals surface area contributed by atoms with Crippen LogP contribution >= 0.6 is 0 Å². The smallest absolute Gasteiger partial charge is 0.371 e. The van der Waals surface area contributed by atoms with Gasteiger partial charge in [0.15, 0.2) is 10.9 Å². The van der Waals surface area contributed by atoms with Crippen LogP contribution in [-0.2, 0) is 0 Å². The van der Waals surface area contributed by atoms with Crippen LogP contribution in [0, 0.1) is 0 Å². The lowest BCUT2D eigenvalue weighted by Crippen LogP contribution is -2.10. The van der Waals surface area contributed by atoms with Crippen molar-refractivity contribution in [3.63, 3.8) is 0 Å². The number of aromatic carboxylic acids is 2. The van der Waals surface area contributed by atoms with Crippen molar-refractivity contribution in [1.82, 2.24) is 0 Å². The minimum absolute atomic E-state index is 0.117. The first-order valence-corrected chi connectivity index (χ1v) is 10.2. The Morgan fingerprint density at radius 3 is 1.50 bits per heavy atom. The SMILES string of the molecule is O=C(O)c1cc(=O)c2c(OCCCCOc3cccc4oc(C(=O)O)cc(=O)c34)cccc2o1. The number of hydrogen-bond acceptors (Lipinski definition) is 8. The Kier molecular flexibility index (Phi) is 6.30. The van der Waals surface area contributed by atoms with Crippen LogP contribution in [0.4, 0.5) is 0 Å². The second-order valence-electron chi connectivity index (χ2n) is 7.22. The van der Waals surface area contributed by atoms with Gasteiger partial charge in [0.25, 0.3) is 0 Å². The lowest BCUT2D eigenvalue weighted by atomic mass is 10.2. The van der Waals surface area contributed by atoms with Gasteiger partial charge in [0.1, 0.15) is 33.4 Å². The van der Waals surface area contributed by atoms with E-state index in [-0.39, 0.29) is 46.7 Å². The Morgan fingerprint density at radius 1 is 0.706 bits per heavy atom. The van der Waals surface area contributed by atoms with Gasteiger partial charge in [-0.1, -0.05) is 12.1 Å². The van der Waals surface area contributed by atoms with E-state index in [1.54, 1.807) is 24.3 Å². The molecule has 2 aromatic heterocycles. The monoisotopic (exact) mass is 466 g/mol. The molecule has 0 fully saturated rings. The maximum absolute atomic E-state index is 12.3. The molecule has 0 aliphatic heterocycles. The fraction of sp³-hybridized carbons (Fsp3) is 0.167. The molecule has 0 saturated carbocycles. The van der Waals surface area contributed by atoms with Crippen LogP contribution in [0.15, 0.2) is 67.0 Å². The number of hydrogen-bond donors (Lipinski definition) is 2. The van der Waals surface area contributed by atoms with Crippen LogP contribution in [0.3, 0.4) is 0 Å². The Hall–Kier alpha value is -4.60. The fourth-order valence-electron chi connectivity index (χ4n) is 3.38. The molecule has 2 N–H and O–H groups in total. The average Bonchev–Trinajstić information content (AvgIpc) is 2.80. The molecule has 174 valence electrons. The van der Waals surface area contributed by atoms with E-state index in [0.29, 0.717) is 12.8 Å². The van der Waals surface area contributed by atoms with Crippen molar-refractivity contribution in [2.75, 3.05) is 13.2 Å². The highest BCUT2D eigenvalue weighted by Gasteiger charge is 2.15. The maximum Gasteiger partial charge on any atom is 0.371 e. The van der Waals surface area contributed by atoms with Gasteiger partial charge in [-0.25, -0.2) is 9.59 Å². The zero-order chi connectivity index (χ0) is 24.2. The Bertz CT molecular complexity index is 1400. The van der Waals surface area contributed by atoms with Gasteiger partial charge in [-0.15, -0.1) is 0 Å². The van der Waals surface area contributed by atoms with Crippen molar-refractivity contribution in [3.8, 4) is 11.5 Å². The average molecular weight is 466 g/mol. The highest BCUT2D eigenvalue weighted by atomic mass is 16.5. The molecule has 0 bridgehead atoms. The maximum atomic E-state index is 12.3. The summed E-state index contributed by atoms with van der Waals surface area (Å²) in [5.41, 5.74) is -0.796. The molecule has 0 spiro atoms. The normalized spacial score (nSPS) is 10.9. The van der Waals surface area contributed by atoms with Crippen molar-refractivity contribution in [2.24, 2.45) is 0 Å². The zero-order valence-electron chi connectivity index (χ0n) is 17.6. The molecule has 2 aromatic carbocycles. The number of fused-ring (bicyclic) bond motifs is 2. The van der Waals surface area contributed by atoms with Crippen LogP contribution in [0.2, 0.25) is 0 Å². The highest BCUT2D eigenvalue weighted by molar-refractivity contribution is 5.90. The van der Waals surface area contributed by atoms with Crippen LogP contribution in [0.1, 0.15) is 34.0 Å². The first kappa shape index (κ1) is 22.6. The number of ether oxygens (including phenoxy) is 2. The first-order chi connectivity index (χ1) is 16.3.